The van der Waals surface area contributed by atoms with E-state index in [0.717, 1.165) is 18.4 Å². The fourth-order valence-corrected chi connectivity index (χ4v) is 4.13. The Morgan fingerprint density at radius 3 is 2.92 bits per heavy atom. The van der Waals surface area contributed by atoms with Crippen molar-refractivity contribution in [2.45, 2.75) is 38.6 Å². The number of phenolic OH excluding ortho intramolecular Hbond substituents is 1. The van der Waals surface area contributed by atoms with Crippen molar-refractivity contribution in [2.75, 3.05) is 6.61 Å². The molecule has 1 amide bonds. The zero-order valence-corrected chi connectivity index (χ0v) is 15.7. The van der Waals surface area contributed by atoms with Gasteiger partial charge in [-0.2, -0.15) is 0 Å². The molecule has 2 N–H and O–H groups in total. The van der Waals surface area contributed by atoms with Gasteiger partial charge in [-0.25, -0.2) is 0 Å². The zero-order valence-electron chi connectivity index (χ0n) is 13.3. The van der Waals surface area contributed by atoms with Gasteiger partial charge >= 0.3 is 0 Å². The first-order valence-corrected chi connectivity index (χ1v) is 9.61. The van der Waals surface area contributed by atoms with Gasteiger partial charge < -0.3 is 15.2 Å². The van der Waals surface area contributed by atoms with Crippen LogP contribution in [-0.2, 0) is 4.79 Å². The smallest absolute Gasteiger partial charge is 0.264 e. The van der Waals surface area contributed by atoms with Crippen molar-refractivity contribution in [1.29, 1.82) is 0 Å². The summed E-state index contributed by atoms with van der Waals surface area (Å²) in [6.07, 6.45) is 6.40. The number of aromatic hydroxyl groups is 1. The van der Waals surface area contributed by atoms with Crippen molar-refractivity contribution < 1.29 is 14.6 Å². The van der Waals surface area contributed by atoms with Crippen LogP contribution in [0, 0.1) is 0 Å². The molecule has 1 aromatic rings. The topological polar surface area (TPSA) is 70.9 Å². The minimum absolute atomic E-state index is 0.0611. The molecule has 0 radical (unpaired) electrons. The first-order valence-electron chi connectivity index (χ1n) is 8.01. The molecule has 3 rings (SSSR count). The van der Waals surface area contributed by atoms with Crippen LogP contribution < -0.4 is 10.1 Å². The lowest BCUT2D eigenvalue weighted by molar-refractivity contribution is -0.115. The maximum absolute atomic E-state index is 12.2. The number of aliphatic imine (C=N–C) groups is 1. The van der Waals surface area contributed by atoms with Crippen LogP contribution in [0.2, 0.25) is 0 Å². The monoisotopic (exact) mass is 410 g/mol. The van der Waals surface area contributed by atoms with Crippen LogP contribution in [0.15, 0.2) is 26.5 Å². The third-order valence-corrected chi connectivity index (χ3v) is 5.45. The van der Waals surface area contributed by atoms with E-state index in [1.54, 1.807) is 18.2 Å². The molecule has 1 aliphatic carbocycles. The molecule has 24 heavy (non-hydrogen) atoms. The number of halogens is 1. The van der Waals surface area contributed by atoms with Crippen LogP contribution in [0.3, 0.4) is 0 Å². The summed E-state index contributed by atoms with van der Waals surface area (Å²) in [5.41, 5.74) is 0.780. The van der Waals surface area contributed by atoms with Crippen LogP contribution in [0.1, 0.15) is 38.2 Å². The Hall–Kier alpha value is -1.47. The van der Waals surface area contributed by atoms with E-state index in [9.17, 15) is 9.90 Å². The van der Waals surface area contributed by atoms with Crippen LogP contribution in [0.25, 0.3) is 6.08 Å². The van der Waals surface area contributed by atoms with Gasteiger partial charge in [0.05, 0.1) is 22.0 Å². The minimum atomic E-state index is -0.140. The van der Waals surface area contributed by atoms with E-state index in [2.05, 4.69) is 26.2 Å². The molecule has 128 valence electrons. The van der Waals surface area contributed by atoms with Crippen LogP contribution in [0.5, 0.6) is 11.5 Å². The van der Waals surface area contributed by atoms with Crippen molar-refractivity contribution in [2.24, 2.45) is 4.99 Å². The van der Waals surface area contributed by atoms with Gasteiger partial charge in [-0.15, -0.1) is 0 Å². The van der Waals surface area contributed by atoms with Gasteiger partial charge in [0.1, 0.15) is 0 Å². The predicted octanol–water partition coefficient (Wildman–Crippen LogP) is 4.06. The Labute approximate surface area is 153 Å². The molecule has 0 aromatic heterocycles. The second kappa shape index (κ2) is 7.61. The molecule has 0 spiro atoms. The molecule has 1 aromatic carbocycles. The van der Waals surface area contributed by atoms with Gasteiger partial charge in [-0.05, 0) is 71.2 Å². The number of carbonyl (C=O) groups is 1. The molecule has 0 unspecified atom stereocenters. The van der Waals surface area contributed by atoms with Gasteiger partial charge in [0.15, 0.2) is 16.7 Å². The van der Waals surface area contributed by atoms with E-state index < -0.39 is 0 Å². The van der Waals surface area contributed by atoms with E-state index in [4.69, 9.17) is 4.74 Å². The molecular formula is C17H19BrN2O3S. The Bertz CT molecular complexity index is 712. The fourth-order valence-electron chi connectivity index (χ4n) is 2.78. The molecule has 5 nitrogen and oxygen atoms in total. The summed E-state index contributed by atoms with van der Waals surface area (Å²) in [5.74, 6) is 0.312. The van der Waals surface area contributed by atoms with Gasteiger partial charge in [-0.3, -0.25) is 9.79 Å². The first kappa shape index (κ1) is 17.4. The van der Waals surface area contributed by atoms with E-state index >= 15 is 0 Å². The van der Waals surface area contributed by atoms with E-state index in [1.165, 1.54) is 24.6 Å². The number of rotatable bonds is 4. The summed E-state index contributed by atoms with van der Waals surface area (Å²) in [7, 11) is 0. The number of carbonyl (C=O) groups excluding carboxylic acids is 1. The predicted molar refractivity (Wildman–Crippen MR) is 100 cm³/mol. The Kier molecular flexibility index (Phi) is 5.50. The molecule has 0 bridgehead atoms. The lowest BCUT2D eigenvalue weighted by atomic mass is 10.2. The third-order valence-electron chi connectivity index (χ3n) is 3.92. The molecular weight excluding hydrogens is 392 g/mol. The third kappa shape index (κ3) is 3.95. The summed E-state index contributed by atoms with van der Waals surface area (Å²) in [4.78, 5) is 17.4. The van der Waals surface area contributed by atoms with Crippen molar-refractivity contribution in [3.63, 3.8) is 0 Å². The van der Waals surface area contributed by atoms with Gasteiger partial charge in [-0.1, -0.05) is 12.8 Å². The minimum Gasteiger partial charge on any atom is -0.503 e. The number of amides is 1. The fraction of sp³-hybridized carbons (Fsp3) is 0.412. The Morgan fingerprint density at radius 1 is 1.46 bits per heavy atom. The highest BCUT2D eigenvalue weighted by atomic mass is 79.9. The molecule has 1 saturated heterocycles. The number of amidine groups is 1. The number of thioether (sulfide) groups is 1. The highest BCUT2D eigenvalue weighted by Crippen LogP contribution is 2.37. The SMILES string of the molecule is CCOc1cc(C=C2SC(=NC3CCCC3)NC2=O)cc(Br)c1O. The van der Waals surface area contributed by atoms with Crippen molar-refractivity contribution in [3.05, 3.63) is 27.1 Å². The zero-order chi connectivity index (χ0) is 17.1. The lowest BCUT2D eigenvalue weighted by Crippen LogP contribution is -2.21. The average Bonchev–Trinajstić information content (AvgIpc) is 3.15. The Morgan fingerprint density at radius 2 is 2.21 bits per heavy atom. The largest absolute Gasteiger partial charge is 0.503 e. The van der Waals surface area contributed by atoms with E-state index in [0.29, 0.717) is 32.9 Å². The number of hydrogen-bond acceptors (Lipinski definition) is 5. The summed E-state index contributed by atoms with van der Waals surface area (Å²) >= 11 is 4.67. The molecule has 1 saturated carbocycles. The van der Waals surface area contributed by atoms with Crippen LogP contribution in [-0.4, -0.2) is 28.8 Å². The molecule has 1 aliphatic heterocycles. The molecule has 7 heteroatoms. The summed E-state index contributed by atoms with van der Waals surface area (Å²) in [6.45, 7) is 2.30. The highest BCUT2D eigenvalue weighted by Gasteiger charge is 2.25. The number of nitrogens with zero attached hydrogens (tertiary/aromatic N) is 1. The summed E-state index contributed by atoms with van der Waals surface area (Å²) in [5, 5.41) is 13.5. The van der Waals surface area contributed by atoms with Gasteiger partial charge in [0.2, 0.25) is 0 Å². The molecule has 0 atom stereocenters. The number of hydrogen-bond donors (Lipinski definition) is 2. The Balaban J connectivity index is 1.82. The summed E-state index contributed by atoms with van der Waals surface area (Å²) < 4.78 is 5.95. The number of phenols is 1. The number of ether oxygens (including phenoxy) is 1. The lowest BCUT2D eigenvalue weighted by Gasteiger charge is -2.08. The molecule has 1 heterocycles. The first-order chi connectivity index (χ1) is 11.6. The maximum Gasteiger partial charge on any atom is 0.264 e. The van der Waals surface area contributed by atoms with Crippen molar-refractivity contribution in [3.8, 4) is 11.5 Å². The van der Waals surface area contributed by atoms with Gasteiger partial charge in [0, 0.05) is 0 Å². The highest BCUT2D eigenvalue weighted by molar-refractivity contribution is 9.10. The van der Waals surface area contributed by atoms with Crippen molar-refractivity contribution >= 4 is 44.8 Å². The number of benzene rings is 1. The normalized spacial score (nSPS) is 21.7. The van der Waals surface area contributed by atoms with Gasteiger partial charge in [0.25, 0.3) is 5.91 Å². The van der Waals surface area contributed by atoms with Crippen LogP contribution in [0.4, 0.5) is 0 Å². The summed E-state index contributed by atoms with van der Waals surface area (Å²) in [6, 6.07) is 3.81. The maximum atomic E-state index is 12.2. The standard InChI is InChI=1S/C17H19BrN2O3S/c1-2-23-13-8-10(7-12(18)15(13)21)9-14-16(22)20-17(24-14)19-11-5-3-4-6-11/h7-9,11,21H,2-6H2,1H3,(H,19,20,22). The second-order valence-electron chi connectivity index (χ2n) is 5.72. The molecule has 2 aliphatic rings. The van der Waals surface area contributed by atoms with E-state index in [1.807, 2.05) is 6.92 Å². The van der Waals surface area contributed by atoms with Crippen molar-refractivity contribution in [1.82, 2.24) is 5.32 Å². The second-order valence-corrected chi connectivity index (χ2v) is 7.60. The molecule has 2 fully saturated rings. The average molecular weight is 411 g/mol. The van der Waals surface area contributed by atoms with Crippen LogP contribution >= 0.6 is 27.7 Å². The van der Waals surface area contributed by atoms with E-state index in [-0.39, 0.29) is 11.7 Å². The quantitative estimate of drug-likeness (QED) is 0.734. The number of nitrogens with one attached hydrogen (secondary N) is 1.